The van der Waals surface area contributed by atoms with Crippen LogP contribution in [0.25, 0.3) is 10.2 Å². The third-order valence-electron chi connectivity index (χ3n) is 3.60. The lowest BCUT2D eigenvalue weighted by Gasteiger charge is -2.26. The van der Waals surface area contributed by atoms with E-state index in [2.05, 4.69) is 29.4 Å². The van der Waals surface area contributed by atoms with Gasteiger partial charge >= 0.3 is 0 Å². The summed E-state index contributed by atoms with van der Waals surface area (Å²) in [6, 6.07) is 6.18. The van der Waals surface area contributed by atoms with Gasteiger partial charge in [-0.25, -0.2) is 4.98 Å². The van der Waals surface area contributed by atoms with Crippen LogP contribution >= 0.6 is 11.3 Å². The Labute approximate surface area is 127 Å². The Bertz CT molecular complexity index is 635. The maximum Gasteiger partial charge on any atom is 0.224 e. The second-order valence-electron chi connectivity index (χ2n) is 5.11. The lowest BCUT2D eigenvalue weighted by Crippen LogP contribution is -2.41. The van der Waals surface area contributed by atoms with E-state index in [1.807, 2.05) is 11.0 Å². The predicted molar refractivity (Wildman–Crippen MR) is 84.9 cm³/mol. The molecule has 1 fully saturated rings. The molecule has 1 saturated heterocycles. The van der Waals surface area contributed by atoms with Crippen molar-refractivity contribution in [3.05, 3.63) is 23.8 Å². The number of benzene rings is 1. The number of aromatic nitrogens is 1. The summed E-state index contributed by atoms with van der Waals surface area (Å²) in [5.74, 6) is 0.183. The minimum atomic E-state index is 0.183. The Kier molecular flexibility index (Phi) is 4.36. The van der Waals surface area contributed by atoms with E-state index in [4.69, 9.17) is 4.74 Å². The molecule has 2 aromatic rings. The van der Waals surface area contributed by atoms with Crippen molar-refractivity contribution in [1.82, 2.24) is 9.88 Å². The van der Waals surface area contributed by atoms with E-state index in [0.717, 1.165) is 10.6 Å². The molecule has 112 valence electrons. The first-order valence-corrected chi connectivity index (χ1v) is 8.01. The number of hydrogen-bond acceptors (Lipinski definition) is 5. The summed E-state index contributed by atoms with van der Waals surface area (Å²) in [7, 11) is 0. The van der Waals surface area contributed by atoms with Crippen molar-refractivity contribution < 1.29 is 9.53 Å². The number of amides is 1. The van der Waals surface area contributed by atoms with Gasteiger partial charge in [-0.15, -0.1) is 0 Å². The fourth-order valence-electron chi connectivity index (χ4n) is 2.41. The van der Waals surface area contributed by atoms with Gasteiger partial charge in [0.2, 0.25) is 5.91 Å². The summed E-state index contributed by atoms with van der Waals surface area (Å²) in [5.41, 5.74) is 2.23. The summed E-state index contributed by atoms with van der Waals surface area (Å²) >= 11 is 1.63. The fourth-order valence-corrected chi connectivity index (χ4v) is 3.38. The number of para-hydroxylation sites is 1. The van der Waals surface area contributed by atoms with Gasteiger partial charge in [-0.3, -0.25) is 4.79 Å². The molecule has 0 atom stereocenters. The van der Waals surface area contributed by atoms with Crippen molar-refractivity contribution in [2.45, 2.75) is 13.3 Å². The molecule has 0 radical (unpaired) electrons. The van der Waals surface area contributed by atoms with E-state index in [9.17, 15) is 4.79 Å². The molecule has 1 aromatic carbocycles. The molecule has 0 saturated carbocycles. The van der Waals surface area contributed by atoms with Crippen LogP contribution in [-0.4, -0.2) is 48.6 Å². The smallest absolute Gasteiger partial charge is 0.224 e. The molecule has 1 N–H and O–H groups in total. The van der Waals surface area contributed by atoms with Crippen LogP contribution in [0.2, 0.25) is 0 Å². The van der Waals surface area contributed by atoms with Gasteiger partial charge in [-0.1, -0.05) is 23.5 Å². The highest BCUT2D eigenvalue weighted by atomic mass is 32.1. The fraction of sp³-hybridized carbons (Fsp3) is 0.467. The van der Waals surface area contributed by atoms with Crippen LogP contribution in [0.5, 0.6) is 0 Å². The number of ether oxygens (including phenoxy) is 1. The van der Waals surface area contributed by atoms with E-state index in [0.29, 0.717) is 39.3 Å². The summed E-state index contributed by atoms with van der Waals surface area (Å²) in [5, 5.41) is 4.14. The second-order valence-corrected chi connectivity index (χ2v) is 6.14. The quantitative estimate of drug-likeness (QED) is 0.941. The molecule has 1 aromatic heterocycles. The SMILES string of the molecule is Cc1cccc2sc(NCCC(=O)N3CCOCC3)nc12. The van der Waals surface area contributed by atoms with Crippen LogP contribution in [-0.2, 0) is 9.53 Å². The van der Waals surface area contributed by atoms with Gasteiger partial charge in [0.15, 0.2) is 5.13 Å². The number of hydrogen-bond donors (Lipinski definition) is 1. The molecule has 1 aliphatic heterocycles. The number of nitrogens with zero attached hydrogens (tertiary/aromatic N) is 2. The topological polar surface area (TPSA) is 54.5 Å². The lowest BCUT2D eigenvalue weighted by molar-refractivity contribution is -0.134. The van der Waals surface area contributed by atoms with Crippen LogP contribution in [0.15, 0.2) is 18.2 Å². The van der Waals surface area contributed by atoms with Gasteiger partial charge in [0, 0.05) is 26.1 Å². The minimum absolute atomic E-state index is 0.183. The van der Waals surface area contributed by atoms with Crippen LogP contribution < -0.4 is 5.32 Å². The number of anilines is 1. The highest BCUT2D eigenvalue weighted by molar-refractivity contribution is 7.22. The Morgan fingerprint density at radius 2 is 2.24 bits per heavy atom. The minimum Gasteiger partial charge on any atom is -0.378 e. The predicted octanol–water partition coefficient (Wildman–Crippen LogP) is 2.27. The van der Waals surface area contributed by atoms with Gasteiger partial charge in [0.25, 0.3) is 0 Å². The van der Waals surface area contributed by atoms with Gasteiger partial charge in [0.1, 0.15) is 0 Å². The van der Waals surface area contributed by atoms with Crippen molar-refractivity contribution >= 4 is 32.6 Å². The zero-order valence-electron chi connectivity index (χ0n) is 12.1. The lowest BCUT2D eigenvalue weighted by atomic mass is 10.2. The van der Waals surface area contributed by atoms with E-state index in [1.54, 1.807) is 11.3 Å². The highest BCUT2D eigenvalue weighted by Gasteiger charge is 2.16. The molecule has 3 rings (SSSR count). The molecular formula is C15H19N3O2S. The number of carbonyl (C=O) groups is 1. The first-order chi connectivity index (χ1) is 10.2. The number of thiazole rings is 1. The number of morpholine rings is 1. The van der Waals surface area contributed by atoms with Gasteiger partial charge < -0.3 is 15.0 Å². The normalized spacial score (nSPS) is 15.4. The Balaban J connectivity index is 1.54. The molecule has 0 aliphatic carbocycles. The van der Waals surface area contributed by atoms with Crippen molar-refractivity contribution in [2.24, 2.45) is 0 Å². The largest absolute Gasteiger partial charge is 0.378 e. The summed E-state index contributed by atoms with van der Waals surface area (Å²) in [4.78, 5) is 18.5. The van der Waals surface area contributed by atoms with Crippen LogP contribution in [0.4, 0.5) is 5.13 Å². The molecule has 21 heavy (non-hydrogen) atoms. The van der Waals surface area contributed by atoms with Crippen LogP contribution in [0, 0.1) is 6.92 Å². The van der Waals surface area contributed by atoms with Crippen molar-refractivity contribution in [1.29, 1.82) is 0 Å². The molecule has 0 bridgehead atoms. The van der Waals surface area contributed by atoms with Crippen molar-refractivity contribution in [3.63, 3.8) is 0 Å². The number of aryl methyl sites for hydroxylation is 1. The summed E-state index contributed by atoms with van der Waals surface area (Å²) < 4.78 is 6.43. The molecular weight excluding hydrogens is 286 g/mol. The van der Waals surface area contributed by atoms with Crippen LogP contribution in [0.3, 0.4) is 0 Å². The Morgan fingerprint density at radius 1 is 1.43 bits per heavy atom. The number of carbonyl (C=O) groups excluding carboxylic acids is 1. The molecule has 1 amide bonds. The zero-order chi connectivity index (χ0) is 14.7. The summed E-state index contributed by atoms with van der Waals surface area (Å²) in [6.07, 6.45) is 0.495. The van der Waals surface area contributed by atoms with Crippen molar-refractivity contribution in [2.75, 3.05) is 38.2 Å². The van der Waals surface area contributed by atoms with E-state index >= 15 is 0 Å². The second kappa shape index (κ2) is 6.41. The number of nitrogens with one attached hydrogen (secondary N) is 1. The first kappa shape index (κ1) is 14.3. The van der Waals surface area contributed by atoms with Gasteiger partial charge in [0.05, 0.1) is 23.4 Å². The first-order valence-electron chi connectivity index (χ1n) is 7.19. The Morgan fingerprint density at radius 3 is 3.00 bits per heavy atom. The standard InChI is InChI=1S/C15H19N3O2S/c1-11-3-2-4-12-14(11)17-15(21-12)16-6-5-13(19)18-7-9-20-10-8-18/h2-4H,5-10H2,1H3,(H,16,17). The molecule has 0 unspecified atom stereocenters. The van der Waals surface area contributed by atoms with E-state index < -0.39 is 0 Å². The number of rotatable bonds is 4. The van der Waals surface area contributed by atoms with E-state index in [1.165, 1.54) is 10.3 Å². The monoisotopic (exact) mass is 305 g/mol. The molecule has 0 spiro atoms. The average Bonchev–Trinajstić information content (AvgIpc) is 2.92. The third kappa shape index (κ3) is 3.33. The number of fused-ring (bicyclic) bond motifs is 1. The highest BCUT2D eigenvalue weighted by Crippen LogP contribution is 2.27. The molecule has 6 heteroatoms. The maximum atomic E-state index is 12.0. The molecule has 5 nitrogen and oxygen atoms in total. The van der Waals surface area contributed by atoms with Gasteiger partial charge in [-0.05, 0) is 18.6 Å². The molecule has 1 aliphatic rings. The average molecular weight is 305 g/mol. The maximum absolute atomic E-state index is 12.0. The zero-order valence-corrected chi connectivity index (χ0v) is 12.9. The van der Waals surface area contributed by atoms with Crippen LogP contribution in [0.1, 0.15) is 12.0 Å². The Hall–Kier alpha value is -1.66. The summed E-state index contributed by atoms with van der Waals surface area (Å²) in [6.45, 7) is 5.40. The van der Waals surface area contributed by atoms with E-state index in [-0.39, 0.29) is 5.91 Å². The van der Waals surface area contributed by atoms with Gasteiger partial charge in [-0.2, -0.15) is 0 Å². The third-order valence-corrected chi connectivity index (χ3v) is 4.58. The van der Waals surface area contributed by atoms with Crippen molar-refractivity contribution in [3.8, 4) is 0 Å². The molecule has 2 heterocycles.